The van der Waals surface area contributed by atoms with Gasteiger partial charge < -0.3 is 45.1 Å². The number of carbonyl (C=O) groups is 5. The molecule has 0 saturated heterocycles. The summed E-state index contributed by atoms with van der Waals surface area (Å²) < 4.78 is 50.4. The number of alkyl carbamates (subject to hydrolysis) is 1. The number of nitrogens with one attached hydrogen (secondary N) is 5. The topological polar surface area (TPSA) is 220 Å². The first kappa shape index (κ1) is 45.4. The maximum Gasteiger partial charge on any atom is 0.407 e. The van der Waals surface area contributed by atoms with E-state index in [-0.39, 0.29) is 31.7 Å². The molecule has 0 saturated carbocycles. The molecule has 4 atom stereocenters. The highest BCUT2D eigenvalue weighted by Gasteiger charge is 2.36. The van der Waals surface area contributed by atoms with Gasteiger partial charge in [0.25, 0.3) is 0 Å². The molecule has 18 heteroatoms. The second kappa shape index (κ2) is 20.3. The number of ether oxygens (including phenoxy) is 4. The van der Waals surface area contributed by atoms with Crippen LogP contribution >= 0.6 is 0 Å². The van der Waals surface area contributed by atoms with E-state index in [2.05, 4.69) is 26.0 Å². The number of benzene rings is 2. The van der Waals surface area contributed by atoms with Gasteiger partial charge in [0.05, 0.1) is 27.1 Å². The predicted octanol–water partition coefficient (Wildman–Crippen LogP) is 1.79. The zero-order chi connectivity index (χ0) is 41.8. The van der Waals surface area contributed by atoms with Crippen LogP contribution in [-0.2, 0) is 45.1 Å². The van der Waals surface area contributed by atoms with E-state index < -0.39 is 69.6 Å². The molecule has 0 fully saturated rings. The lowest BCUT2D eigenvalue weighted by atomic mass is 9.93. The lowest BCUT2D eigenvalue weighted by molar-refractivity contribution is -0.145. The monoisotopic (exact) mass is 804 g/mol. The number of amides is 4. The van der Waals surface area contributed by atoms with Gasteiger partial charge in [-0.2, -0.15) is 0 Å². The molecule has 4 amide bonds. The van der Waals surface area contributed by atoms with Crippen LogP contribution in [0, 0.1) is 0 Å². The molecule has 2 aromatic carbocycles. The fraction of sp³-hybridized carbons (Fsp3) is 0.553. The molecular formula is C38H56N6O11S. The minimum absolute atomic E-state index is 0.0257. The summed E-state index contributed by atoms with van der Waals surface area (Å²) in [7, 11) is 3.15. The number of methoxy groups -OCH3 is 3. The molecular weight excluding hydrogens is 749 g/mol. The molecule has 1 heterocycles. The summed E-state index contributed by atoms with van der Waals surface area (Å²) in [4.78, 5) is 68.2. The average molecular weight is 805 g/mol. The van der Waals surface area contributed by atoms with Crippen molar-refractivity contribution in [3.05, 3.63) is 47.5 Å². The van der Waals surface area contributed by atoms with Crippen molar-refractivity contribution in [3.8, 4) is 22.6 Å². The Kier molecular flexibility index (Phi) is 16.5. The quantitative estimate of drug-likeness (QED) is 0.129. The molecule has 0 aliphatic carbocycles. The maximum absolute atomic E-state index is 14.4. The highest BCUT2D eigenvalue weighted by atomic mass is 32.2. The first-order valence-electron chi connectivity index (χ1n) is 18.3. The van der Waals surface area contributed by atoms with Crippen molar-refractivity contribution in [2.45, 2.75) is 83.1 Å². The fourth-order valence-corrected chi connectivity index (χ4v) is 7.31. The largest absolute Gasteiger partial charge is 0.496 e. The molecule has 1 aliphatic heterocycles. The number of fused-ring (bicyclic) bond motifs is 5. The molecule has 17 nitrogen and oxygen atoms in total. The Labute approximate surface area is 329 Å². The van der Waals surface area contributed by atoms with Crippen molar-refractivity contribution in [3.63, 3.8) is 0 Å². The smallest absolute Gasteiger partial charge is 0.407 e. The van der Waals surface area contributed by atoms with Crippen molar-refractivity contribution in [1.82, 2.24) is 30.9 Å². The van der Waals surface area contributed by atoms with Crippen molar-refractivity contribution in [2.75, 3.05) is 54.3 Å². The van der Waals surface area contributed by atoms with E-state index in [0.29, 0.717) is 46.6 Å². The van der Waals surface area contributed by atoms with Gasteiger partial charge in [-0.3, -0.25) is 14.4 Å². The van der Waals surface area contributed by atoms with Crippen LogP contribution in [0.15, 0.2) is 36.4 Å². The SMILES string of the molecule is CNCCS(=O)(=O)N[C@@H](CCCCNC(=O)OC(C)(C)C)C(=O)N(C)[C@@H]1C(=O)N[C@@H](C)C(=O)N[C@H](C(=O)OC)Cc2ccc(OC)c(c2)-c2cc1ccc2OC. The van der Waals surface area contributed by atoms with Crippen molar-refractivity contribution in [2.24, 2.45) is 0 Å². The number of unbranched alkanes of at least 4 members (excludes halogenated alkanes) is 1. The maximum atomic E-state index is 14.4. The Hall–Kier alpha value is -4.94. The average Bonchev–Trinajstić information content (AvgIpc) is 3.14. The number of nitrogens with zero attached hydrogens (tertiary/aromatic N) is 1. The first-order valence-corrected chi connectivity index (χ1v) is 19.9. The van der Waals surface area contributed by atoms with Gasteiger partial charge in [-0.1, -0.05) is 12.1 Å². The molecule has 0 unspecified atom stereocenters. The molecule has 56 heavy (non-hydrogen) atoms. The van der Waals surface area contributed by atoms with E-state index in [1.807, 2.05) is 0 Å². The van der Waals surface area contributed by atoms with E-state index in [1.165, 1.54) is 35.3 Å². The Morgan fingerprint density at radius 3 is 2.18 bits per heavy atom. The summed E-state index contributed by atoms with van der Waals surface area (Å²) in [5, 5.41) is 10.8. The second-order valence-corrected chi connectivity index (χ2v) is 16.3. The van der Waals surface area contributed by atoms with E-state index in [9.17, 15) is 32.4 Å². The standard InChI is InChI=1S/C38H56N6O11S/c1-23-33(45)42-29(36(48)54-9)21-24-13-15-30(52-7)26(20-24)27-22-25(14-16-31(27)53-8)32(34(46)41-23)44(6)35(47)28(43-56(50,51)19-18-39-5)12-10-11-17-40-37(49)55-38(2,3)4/h13-16,20,22-23,28-29,32,39,43H,10-12,17-19,21H2,1-9H3,(H,40,49)(H,41,46)(H,42,45)/t23-,28-,29-,32-/m0/s1. The zero-order valence-electron chi connectivity index (χ0n) is 33.6. The van der Waals surface area contributed by atoms with Crippen molar-refractivity contribution >= 4 is 39.8 Å². The van der Waals surface area contributed by atoms with Crippen LogP contribution in [-0.4, -0.2) is 121 Å². The third-order valence-electron chi connectivity index (χ3n) is 8.90. The minimum atomic E-state index is -3.99. The van der Waals surface area contributed by atoms with Crippen LogP contribution in [0.5, 0.6) is 11.5 Å². The van der Waals surface area contributed by atoms with Crippen LogP contribution in [0.3, 0.4) is 0 Å². The fourth-order valence-electron chi connectivity index (χ4n) is 6.07. The molecule has 1 aliphatic rings. The number of carbonyl (C=O) groups excluding carboxylic acids is 5. The van der Waals surface area contributed by atoms with Crippen LogP contribution in [0.4, 0.5) is 4.79 Å². The Morgan fingerprint density at radius 1 is 0.929 bits per heavy atom. The van der Waals surface area contributed by atoms with E-state index >= 15 is 0 Å². The second-order valence-electron chi connectivity index (χ2n) is 14.4. The third-order valence-corrected chi connectivity index (χ3v) is 10.3. The molecule has 310 valence electrons. The van der Waals surface area contributed by atoms with Gasteiger partial charge in [0.2, 0.25) is 27.7 Å². The molecule has 0 radical (unpaired) electrons. The van der Waals surface area contributed by atoms with Crippen molar-refractivity contribution in [1.29, 1.82) is 0 Å². The van der Waals surface area contributed by atoms with E-state index in [0.717, 1.165) is 4.90 Å². The Morgan fingerprint density at radius 2 is 1.57 bits per heavy atom. The van der Waals surface area contributed by atoms with Crippen LogP contribution in [0.2, 0.25) is 0 Å². The first-order chi connectivity index (χ1) is 26.3. The Balaban J connectivity index is 2.10. The van der Waals surface area contributed by atoms with Crippen LogP contribution < -0.4 is 35.5 Å². The predicted molar refractivity (Wildman–Crippen MR) is 208 cm³/mol. The van der Waals surface area contributed by atoms with Gasteiger partial charge >= 0.3 is 12.1 Å². The van der Waals surface area contributed by atoms with Crippen LogP contribution in [0.1, 0.15) is 64.1 Å². The number of sulfonamides is 1. The summed E-state index contributed by atoms with van der Waals surface area (Å²) >= 11 is 0. The van der Waals surface area contributed by atoms with Gasteiger partial charge in [-0.05, 0) is 89.4 Å². The lowest BCUT2D eigenvalue weighted by Gasteiger charge is -2.32. The number of hydrogen-bond acceptors (Lipinski definition) is 12. The molecule has 0 spiro atoms. The normalized spacial score (nSPS) is 18.0. The third kappa shape index (κ3) is 12.8. The van der Waals surface area contributed by atoms with E-state index in [1.54, 1.807) is 64.2 Å². The summed E-state index contributed by atoms with van der Waals surface area (Å²) in [6.45, 7) is 6.97. The number of likely N-dealkylation sites (N-methyl/N-ethyl adjacent to an activating group) is 1. The van der Waals surface area contributed by atoms with Gasteiger partial charge in [0.1, 0.15) is 41.3 Å². The molecule has 3 rings (SSSR count). The van der Waals surface area contributed by atoms with Crippen molar-refractivity contribution < 1.29 is 51.3 Å². The zero-order valence-corrected chi connectivity index (χ0v) is 34.4. The highest BCUT2D eigenvalue weighted by Crippen LogP contribution is 2.40. The lowest BCUT2D eigenvalue weighted by Crippen LogP contribution is -2.55. The van der Waals surface area contributed by atoms with E-state index in [4.69, 9.17) is 18.9 Å². The summed E-state index contributed by atoms with van der Waals surface area (Å²) in [6, 6.07) is 5.13. The summed E-state index contributed by atoms with van der Waals surface area (Å²) in [6.07, 6.45) is 0.173. The molecule has 0 aromatic heterocycles. The summed E-state index contributed by atoms with van der Waals surface area (Å²) in [5.74, 6) is -2.34. The molecule has 4 bridgehead atoms. The van der Waals surface area contributed by atoms with Gasteiger partial charge in [0.15, 0.2) is 0 Å². The number of hydrogen-bond donors (Lipinski definition) is 5. The number of rotatable bonds is 15. The molecule has 2 aromatic rings. The number of esters is 1. The minimum Gasteiger partial charge on any atom is -0.496 e. The van der Waals surface area contributed by atoms with Gasteiger partial charge in [-0.25, -0.2) is 22.7 Å². The summed E-state index contributed by atoms with van der Waals surface area (Å²) in [5.41, 5.74) is 1.30. The van der Waals surface area contributed by atoms with Gasteiger partial charge in [-0.15, -0.1) is 0 Å². The van der Waals surface area contributed by atoms with Crippen LogP contribution in [0.25, 0.3) is 11.1 Å². The molecule has 5 N–H and O–H groups in total. The Bertz CT molecular complexity index is 1830. The van der Waals surface area contributed by atoms with Gasteiger partial charge in [0, 0.05) is 37.7 Å². The highest BCUT2D eigenvalue weighted by molar-refractivity contribution is 7.89.